The van der Waals surface area contributed by atoms with E-state index in [4.69, 9.17) is 0 Å². The molecule has 0 spiro atoms. The number of piperazine rings is 1. The van der Waals surface area contributed by atoms with E-state index in [2.05, 4.69) is 17.1 Å². The van der Waals surface area contributed by atoms with Crippen LogP contribution in [0.15, 0.2) is 24.3 Å². The molecule has 2 rings (SSSR count). The molecule has 0 aliphatic carbocycles. The summed E-state index contributed by atoms with van der Waals surface area (Å²) >= 11 is 1.70. The first-order valence-corrected chi connectivity index (χ1v) is 10.8. The van der Waals surface area contributed by atoms with Crippen molar-refractivity contribution in [1.29, 1.82) is 0 Å². The highest BCUT2D eigenvalue weighted by Gasteiger charge is 2.28. The molecule has 1 saturated heterocycles. The van der Waals surface area contributed by atoms with Crippen molar-refractivity contribution in [3.8, 4) is 0 Å². The van der Waals surface area contributed by atoms with Crippen LogP contribution in [0.25, 0.3) is 0 Å². The van der Waals surface area contributed by atoms with Crippen molar-refractivity contribution in [2.45, 2.75) is 32.7 Å². The van der Waals surface area contributed by atoms with E-state index in [9.17, 15) is 9.59 Å². The molecule has 1 aliphatic rings. The lowest BCUT2D eigenvalue weighted by Crippen LogP contribution is -2.55. The number of rotatable bonds is 8. The number of carbonyl (C=O) groups is 2. The van der Waals surface area contributed by atoms with Gasteiger partial charge in [0, 0.05) is 31.7 Å². The van der Waals surface area contributed by atoms with E-state index >= 15 is 0 Å². The topological polar surface area (TPSA) is 52.6 Å². The minimum absolute atomic E-state index is 0.0520. The summed E-state index contributed by atoms with van der Waals surface area (Å²) in [4.78, 5) is 29.9. The molecular weight excluding hydrogens is 346 g/mol. The van der Waals surface area contributed by atoms with Crippen LogP contribution in [0.5, 0.6) is 0 Å². The number of hydrogen-bond donors (Lipinski definition) is 1. The minimum Gasteiger partial charge on any atom is -0.340 e. The quantitative estimate of drug-likeness (QED) is 0.756. The summed E-state index contributed by atoms with van der Waals surface area (Å²) in [6.07, 6.45) is 3.82. The average Bonchev–Trinajstić information content (AvgIpc) is 2.65. The van der Waals surface area contributed by atoms with E-state index in [1.165, 1.54) is 0 Å². The Morgan fingerprint density at radius 3 is 2.58 bits per heavy atom. The predicted octanol–water partition coefficient (Wildman–Crippen LogP) is 2.40. The van der Waals surface area contributed by atoms with Crippen LogP contribution in [-0.2, 0) is 4.79 Å². The summed E-state index contributed by atoms with van der Waals surface area (Å²) < 4.78 is 0. The lowest BCUT2D eigenvalue weighted by molar-refractivity contribution is -0.135. The normalized spacial score (nSPS) is 16.3. The molecule has 144 valence electrons. The molecule has 1 heterocycles. The molecule has 6 heteroatoms. The Hall–Kier alpha value is -1.53. The maximum Gasteiger partial charge on any atom is 0.251 e. The summed E-state index contributed by atoms with van der Waals surface area (Å²) in [5, 5.41) is 2.97. The van der Waals surface area contributed by atoms with Crippen LogP contribution in [0.4, 0.5) is 0 Å². The highest BCUT2D eigenvalue weighted by Crippen LogP contribution is 2.11. The van der Waals surface area contributed by atoms with Gasteiger partial charge in [-0.05, 0) is 50.5 Å². The Morgan fingerprint density at radius 2 is 1.96 bits per heavy atom. The molecule has 26 heavy (non-hydrogen) atoms. The van der Waals surface area contributed by atoms with Crippen LogP contribution in [-0.4, -0.2) is 72.4 Å². The van der Waals surface area contributed by atoms with Gasteiger partial charge in [-0.3, -0.25) is 14.5 Å². The third-order valence-electron chi connectivity index (χ3n) is 4.72. The second kappa shape index (κ2) is 10.6. The van der Waals surface area contributed by atoms with Gasteiger partial charge < -0.3 is 10.2 Å². The number of amides is 2. The van der Waals surface area contributed by atoms with Gasteiger partial charge in [-0.15, -0.1) is 0 Å². The minimum atomic E-state index is -0.451. The molecular formula is C20H31N3O2S. The smallest absolute Gasteiger partial charge is 0.251 e. The fourth-order valence-electron chi connectivity index (χ4n) is 3.25. The van der Waals surface area contributed by atoms with Crippen molar-refractivity contribution < 1.29 is 9.59 Å². The number of aryl methyl sites for hydroxylation is 1. The van der Waals surface area contributed by atoms with Crippen LogP contribution >= 0.6 is 11.8 Å². The first-order chi connectivity index (χ1) is 12.5. The third kappa shape index (κ3) is 6.02. The Balaban J connectivity index is 1.99. The van der Waals surface area contributed by atoms with Crippen LogP contribution in [0.2, 0.25) is 0 Å². The Kier molecular flexibility index (Phi) is 8.45. The fourth-order valence-corrected chi connectivity index (χ4v) is 3.72. The number of benzene rings is 1. The van der Waals surface area contributed by atoms with Crippen molar-refractivity contribution in [3.63, 3.8) is 0 Å². The van der Waals surface area contributed by atoms with Crippen molar-refractivity contribution in [2.24, 2.45) is 0 Å². The van der Waals surface area contributed by atoms with Crippen LogP contribution < -0.4 is 5.32 Å². The van der Waals surface area contributed by atoms with Gasteiger partial charge in [-0.2, -0.15) is 11.8 Å². The largest absolute Gasteiger partial charge is 0.340 e. The molecule has 0 aromatic heterocycles. The van der Waals surface area contributed by atoms with Gasteiger partial charge in [-0.25, -0.2) is 0 Å². The molecule has 0 saturated carbocycles. The summed E-state index contributed by atoms with van der Waals surface area (Å²) in [6.45, 7) is 8.55. The maximum absolute atomic E-state index is 13.0. The molecule has 1 atom stereocenters. The first kappa shape index (κ1) is 20.8. The number of carbonyl (C=O) groups excluding carboxylic acids is 2. The lowest BCUT2D eigenvalue weighted by atomic mass is 10.1. The van der Waals surface area contributed by atoms with Crippen molar-refractivity contribution >= 4 is 23.6 Å². The molecule has 1 N–H and O–H groups in total. The molecule has 1 unspecified atom stereocenters. The molecule has 5 nitrogen and oxygen atoms in total. The number of hydrogen-bond acceptors (Lipinski definition) is 4. The average molecular weight is 378 g/mol. The zero-order valence-corrected chi connectivity index (χ0v) is 17.0. The molecule has 1 aliphatic heterocycles. The second-order valence-electron chi connectivity index (χ2n) is 6.84. The van der Waals surface area contributed by atoms with E-state index in [1.807, 2.05) is 36.3 Å². The van der Waals surface area contributed by atoms with Gasteiger partial charge in [-0.1, -0.05) is 24.6 Å². The monoisotopic (exact) mass is 377 g/mol. The summed E-state index contributed by atoms with van der Waals surface area (Å²) in [7, 11) is 0. The number of nitrogens with one attached hydrogen (secondary N) is 1. The highest BCUT2D eigenvalue weighted by atomic mass is 32.2. The Bertz CT molecular complexity index is 600. The molecule has 1 aromatic carbocycles. The van der Waals surface area contributed by atoms with Gasteiger partial charge in [0.1, 0.15) is 6.04 Å². The Morgan fingerprint density at radius 1 is 1.23 bits per heavy atom. The Labute approximate surface area is 161 Å². The van der Waals surface area contributed by atoms with Gasteiger partial charge >= 0.3 is 0 Å². The summed E-state index contributed by atoms with van der Waals surface area (Å²) in [5.74, 6) is 0.731. The summed E-state index contributed by atoms with van der Waals surface area (Å²) in [6, 6.07) is 7.03. The van der Waals surface area contributed by atoms with E-state index in [0.717, 1.165) is 50.5 Å². The number of nitrogens with zero attached hydrogens (tertiary/aromatic N) is 2. The highest BCUT2D eigenvalue weighted by molar-refractivity contribution is 7.98. The first-order valence-electron chi connectivity index (χ1n) is 9.42. The van der Waals surface area contributed by atoms with Crippen molar-refractivity contribution in [1.82, 2.24) is 15.1 Å². The second-order valence-corrected chi connectivity index (χ2v) is 7.83. The van der Waals surface area contributed by atoms with Crippen molar-refractivity contribution in [2.75, 3.05) is 44.7 Å². The molecule has 2 amide bonds. The van der Waals surface area contributed by atoms with Crippen LogP contribution in [0.1, 0.15) is 35.7 Å². The number of thioether (sulfide) groups is 1. The van der Waals surface area contributed by atoms with E-state index in [0.29, 0.717) is 12.0 Å². The third-order valence-corrected chi connectivity index (χ3v) is 5.36. The van der Waals surface area contributed by atoms with Gasteiger partial charge in [0.25, 0.3) is 5.91 Å². The zero-order valence-electron chi connectivity index (χ0n) is 16.2. The molecule has 0 radical (unpaired) electrons. The fraction of sp³-hybridized carbons (Fsp3) is 0.600. The zero-order chi connectivity index (χ0) is 18.9. The van der Waals surface area contributed by atoms with Gasteiger partial charge in [0.05, 0.1) is 0 Å². The van der Waals surface area contributed by atoms with E-state index in [-0.39, 0.29) is 11.8 Å². The van der Waals surface area contributed by atoms with Crippen molar-refractivity contribution in [3.05, 3.63) is 35.4 Å². The maximum atomic E-state index is 13.0. The van der Waals surface area contributed by atoms with Gasteiger partial charge in [0.2, 0.25) is 5.91 Å². The summed E-state index contributed by atoms with van der Waals surface area (Å²) in [5.41, 5.74) is 1.65. The SMILES string of the molecule is CCCN1CCN(C(=O)C(CCSC)NC(=O)c2cccc(C)c2)CC1. The lowest BCUT2D eigenvalue weighted by Gasteiger charge is -2.36. The predicted molar refractivity (Wildman–Crippen MR) is 109 cm³/mol. The van der Waals surface area contributed by atoms with Crippen LogP contribution in [0, 0.1) is 6.92 Å². The van der Waals surface area contributed by atoms with E-state index in [1.54, 1.807) is 17.8 Å². The van der Waals surface area contributed by atoms with Gasteiger partial charge in [0.15, 0.2) is 0 Å². The molecule has 1 fully saturated rings. The molecule has 1 aromatic rings. The van der Waals surface area contributed by atoms with Crippen LogP contribution in [0.3, 0.4) is 0 Å². The van der Waals surface area contributed by atoms with E-state index < -0.39 is 6.04 Å². The standard InChI is InChI=1S/C20H31N3O2S/c1-4-9-22-10-12-23(13-11-22)20(25)18(8-14-26-3)21-19(24)17-7-5-6-16(2)15-17/h5-7,15,18H,4,8-14H2,1-3H3,(H,21,24). The molecule has 0 bridgehead atoms.